The molecule has 0 unspecified atom stereocenters. The Bertz CT molecular complexity index is 632. The molecule has 2 heterocycles. The van der Waals surface area contributed by atoms with Crippen LogP contribution < -0.4 is 10.5 Å². The Morgan fingerprint density at radius 2 is 2.11 bits per heavy atom. The number of ether oxygens (including phenoxy) is 1. The molecule has 0 saturated heterocycles. The van der Waals surface area contributed by atoms with Gasteiger partial charge in [-0.05, 0) is 12.8 Å². The van der Waals surface area contributed by atoms with Crippen molar-refractivity contribution < 1.29 is 13.5 Å². The summed E-state index contributed by atoms with van der Waals surface area (Å²) >= 11 is 0. The maximum atomic E-state index is 14.1. The average Bonchev–Trinajstić information content (AvgIpc) is 2.69. The second-order valence-corrected chi connectivity index (χ2v) is 4.55. The van der Waals surface area contributed by atoms with Crippen LogP contribution in [0.1, 0.15) is 12.0 Å². The fourth-order valence-corrected chi connectivity index (χ4v) is 2.30. The van der Waals surface area contributed by atoms with E-state index in [-0.39, 0.29) is 11.3 Å². The minimum Gasteiger partial charge on any atom is -0.492 e. The summed E-state index contributed by atoms with van der Waals surface area (Å²) in [5.41, 5.74) is 6.65. The molecule has 0 spiro atoms. The highest BCUT2D eigenvalue weighted by molar-refractivity contribution is 5.72. The lowest BCUT2D eigenvalue weighted by Crippen LogP contribution is -2.12. The molecule has 0 saturated carbocycles. The number of hydrogen-bond acceptors (Lipinski definition) is 3. The van der Waals surface area contributed by atoms with E-state index in [1.807, 2.05) is 0 Å². The quantitative estimate of drug-likeness (QED) is 0.860. The molecule has 3 rings (SSSR count). The summed E-state index contributed by atoms with van der Waals surface area (Å²) in [5, 5.41) is 4.13. The molecular weight excluding hydrogens is 252 g/mol. The Balaban J connectivity index is 2.25. The lowest BCUT2D eigenvalue weighted by Gasteiger charge is -2.20. The van der Waals surface area contributed by atoms with Gasteiger partial charge in [-0.2, -0.15) is 5.10 Å². The first kappa shape index (κ1) is 12.0. The third-order valence-corrected chi connectivity index (χ3v) is 3.27. The van der Waals surface area contributed by atoms with Gasteiger partial charge in [-0.1, -0.05) is 0 Å². The van der Waals surface area contributed by atoms with Crippen LogP contribution in [0.2, 0.25) is 0 Å². The van der Waals surface area contributed by atoms with Crippen molar-refractivity contribution >= 4 is 5.82 Å². The van der Waals surface area contributed by atoms with Crippen molar-refractivity contribution in [3.05, 3.63) is 29.3 Å². The summed E-state index contributed by atoms with van der Waals surface area (Å²) < 4.78 is 34.7. The first-order valence-corrected chi connectivity index (χ1v) is 6.01. The number of nitrogens with two attached hydrogens (primary N) is 1. The number of halogens is 2. The molecule has 0 fully saturated rings. The predicted octanol–water partition coefficient (Wildman–Crippen LogP) is 2.27. The number of hydrogen-bond donors (Lipinski definition) is 1. The van der Waals surface area contributed by atoms with E-state index in [4.69, 9.17) is 10.5 Å². The highest BCUT2D eigenvalue weighted by Gasteiger charge is 2.25. The van der Waals surface area contributed by atoms with Crippen LogP contribution in [0.4, 0.5) is 14.6 Å². The zero-order valence-electron chi connectivity index (χ0n) is 10.4. The van der Waals surface area contributed by atoms with Crippen LogP contribution in [0.25, 0.3) is 11.3 Å². The molecule has 2 aromatic rings. The molecule has 6 heteroatoms. The first-order valence-electron chi connectivity index (χ1n) is 6.01. The van der Waals surface area contributed by atoms with Gasteiger partial charge in [0.1, 0.15) is 28.9 Å². The third-order valence-electron chi connectivity index (χ3n) is 3.27. The lowest BCUT2D eigenvalue weighted by atomic mass is 9.99. The van der Waals surface area contributed by atoms with E-state index < -0.39 is 11.6 Å². The molecule has 0 amide bonds. The number of aryl methyl sites for hydroxylation is 1. The normalized spacial score (nSPS) is 14.1. The molecule has 100 valence electrons. The Kier molecular flexibility index (Phi) is 2.66. The van der Waals surface area contributed by atoms with Crippen molar-refractivity contribution in [1.82, 2.24) is 9.78 Å². The molecular formula is C13H13F2N3O. The number of aromatic nitrogens is 2. The first-order chi connectivity index (χ1) is 9.08. The van der Waals surface area contributed by atoms with Crippen LogP contribution in [-0.4, -0.2) is 16.4 Å². The van der Waals surface area contributed by atoms with Gasteiger partial charge in [0.25, 0.3) is 0 Å². The molecule has 1 aromatic heterocycles. The van der Waals surface area contributed by atoms with Gasteiger partial charge >= 0.3 is 0 Å². The predicted molar refractivity (Wildman–Crippen MR) is 66.8 cm³/mol. The molecule has 0 atom stereocenters. The van der Waals surface area contributed by atoms with Gasteiger partial charge in [0.15, 0.2) is 0 Å². The Hall–Kier alpha value is -2.11. The lowest BCUT2D eigenvalue weighted by molar-refractivity contribution is 0.283. The standard InChI is InChI=1S/C13H13F2N3O/c1-18-11(16)6-10(17-18)12-9(15)5-8(14)7-3-2-4-19-13(7)12/h5-6H,2-4,16H2,1H3. The maximum Gasteiger partial charge on any atom is 0.139 e. The average molecular weight is 265 g/mol. The van der Waals surface area contributed by atoms with Gasteiger partial charge in [-0.15, -0.1) is 0 Å². The third kappa shape index (κ3) is 1.83. The summed E-state index contributed by atoms with van der Waals surface area (Å²) in [5.74, 6) is -0.596. The molecule has 0 radical (unpaired) electrons. The van der Waals surface area contributed by atoms with Gasteiger partial charge in [0.2, 0.25) is 0 Å². The molecule has 2 N–H and O–H groups in total. The van der Waals surface area contributed by atoms with E-state index in [9.17, 15) is 8.78 Å². The topological polar surface area (TPSA) is 53.1 Å². The Labute approximate surface area is 108 Å². The number of rotatable bonds is 1. The van der Waals surface area contributed by atoms with Crippen molar-refractivity contribution in [2.75, 3.05) is 12.3 Å². The van der Waals surface area contributed by atoms with Gasteiger partial charge in [0, 0.05) is 24.7 Å². The van der Waals surface area contributed by atoms with Crippen LogP contribution in [-0.2, 0) is 13.5 Å². The summed E-state index contributed by atoms with van der Waals surface area (Å²) in [4.78, 5) is 0. The van der Waals surface area contributed by atoms with Crippen molar-refractivity contribution in [2.24, 2.45) is 7.05 Å². The summed E-state index contributed by atoms with van der Waals surface area (Å²) in [7, 11) is 1.66. The van der Waals surface area contributed by atoms with Crippen molar-refractivity contribution in [2.45, 2.75) is 12.8 Å². The van der Waals surface area contributed by atoms with Crippen LogP contribution in [0.3, 0.4) is 0 Å². The second kappa shape index (κ2) is 4.22. The summed E-state index contributed by atoms with van der Waals surface area (Å²) in [6, 6.07) is 2.43. The van der Waals surface area contributed by atoms with Gasteiger partial charge in [-0.25, -0.2) is 8.78 Å². The maximum absolute atomic E-state index is 14.1. The van der Waals surface area contributed by atoms with Crippen LogP contribution >= 0.6 is 0 Å². The van der Waals surface area contributed by atoms with Crippen molar-refractivity contribution in [3.8, 4) is 17.0 Å². The van der Waals surface area contributed by atoms with E-state index in [1.54, 1.807) is 13.1 Å². The fourth-order valence-electron chi connectivity index (χ4n) is 2.30. The summed E-state index contributed by atoms with van der Waals surface area (Å²) in [6.45, 7) is 0.450. The van der Waals surface area contributed by atoms with E-state index in [1.165, 1.54) is 4.68 Å². The zero-order valence-corrected chi connectivity index (χ0v) is 10.4. The van der Waals surface area contributed by atoms with Crippen molar-refractivity contribution in [1.29, 1.82) is 0 Å². The summed E-state index contributed by atoms with van der Waals surface area (Å²) in [6.07, 6.45) is 1.26. The number of nitrogen functional groups attached to an aromatic ring is 1. The van der Waals surface area contributed by atoms with E-state index >= 15 is 0 Å². The second-order valence-electron chi connectivity index (χ2n) is 4.55. The number of nitrogens with zero attached hydrogens (tertiary/aromatic N) is 2. The van der Waals surface area contributed by atoms with Crippen molar-refractivity contribution in [3.63, 3.8) is 0 Å². The van der Waals surface area contributed by atoms with Crippen LogP contribution in [0.15, 0.2) is 12.1 Å². The molecule has 4 nitrogen and oxygen atoms in total. The highest BCUT2D eigenvalue weighted by Crippen LogP contribution is 2.39. The Morgan fingerprint density at radius 3 is 2.79 bits per heavy atom. The Morgan fingerprint density at radius 1 is 1.32 bits per heavy atom. The largest absolute Gasteiger partial charge is 0.492 e. The zero-order chi connectivity index (χ0) is 13.6. The smallest absolute Gasteiger partial charge is 0.139 e. The van der Waals surface area contributed by atoms with Crippen LogP contribution in [0.5, 0.6) is 5.75 Å². The van der Waals surface area contributed by atoms with Gasteiger partial charge < -0.3 is 10.5 Å². The van der Waals surface area contributed by atoms with E-state index in [2.05, 4.69) is 5.10 Å². The molecule has 0 bridgehead atoms. The number of fused-ring (bicyclic) bond motifs is 1. The minimum atomic E-state index is -0.684. The molecule has 19 heavy (non-hydrogen) atoms. The molecule has 1 aliphatic heterocycles. The van der Waals surface area contributed by atoms with E-state index in [0.29, 0.717) is 30.1 Å². The highest BCUT2D eigenvalue weighted by atomic mass is 19.1. The SMILES string of the molecule is Cn1nc(-c2c(F)cc(F)c3c2OCCC3)cc1N. The van der Waals surface area contributed by atoms with Gasteiger partial charge in [-0.3, -0.25) is 4.68 Å². The molecule has 1 aliphatic rings. The monoisotopic (exact) mass is 265 g/mol. The molecule has 1 aromatic carbocycles. The van der Waals surface area contributed by atoms with E-state index in [0.717, 1.165) is 12.5 Å². The van der Waals surface area contributed by atoms with Crippen LogP contribution in [0, 0.1) is 11.6 Å². The molecule has 0 aliphatic carbocycles. The number of anilines is 1. The minimum absolute atomic E-state index is 0.184. The fraction of sp³-hybridized carbons (Fsp3) is 0.308. The number of benzene rings is 1. The van der Waals surface area contributed by atoms with Gasteiger partial charge in [0.05, 0.1) is 12.2 Å².